The third-order valence-corrected chi connectivity index (χ3v) is 2.61. The average Bonchev–Trinajstić information content (AvgIpc) is 2.28. The fourth-order valence-electron chi connectivity index (χ4n) is 1.51. The van der Waals surface area contributed by atoms with E-state index in [1.807, 2.05) is 18.2 Å². The van der Waals surface area contributed by atoms with E-state index in [9.17, 15) is 4.79 Å². The molecule has 0 amide bonds. The van der Waals surface area contributed by atoms with Crippen molar-refractivity contribution in [1.29, 1.82) is 0 Å². The molecule has 0 saturated carbocycles. The first-order chi connectivity index (χ1) is 5.68. The van der Waals surface area contributed by atoms with Crippen molar-refractivity contribution in [2.45, 2.75) is 12.5 Å². The predicted molar refractivity (Wildman–Crippen MR) is 57.3 cm³/mol. The summed E-state index contributed by atoms with van der Waals surface area (Å²) in [7, 11) is 0. The fourth-order valence-corrected chi connectivity index (χ4v) is 1.87. The Labute approximate surface area is 91.0 Å². The summed E-state index contributed by atoms with van der Waals surface area (Å²) in [5.74, 6) is 0.152. The molecule has 1 aromatic carbocycles. The van der Waals surface area contributed by atoms with E-state index in [2.05, 4.69) is 15.9 Å². The molecule has 1 aromatic rings. The number of nitrogens with two attached hydrogens (primary N) is 1. The van der Waals surface area contributed by atoms with Crippen LogP contribution >= 0.6 is 28.3 Å². The van der Waals surface area contributed by atoms with Gasteiger partial charge in [-0.15, -0.1) is 12.4 Å². The van der Waals surface area contributed by atoms with Gasteiger partial charge in [-0.3, -0.25) is 4.79 Å². The standard InChI is InChI=1S/C9H8BrNO.ClH/c10-5-1-2-6-7(3-5)9(12)4-8(6)11;/h1-3,8H,4,11H2;1H/t8-;/m0./s1. The van der Waals surface area contributed by atoms with Gasteiger partial charge in [0.05, 0.1) is 0 Å². The largest absolute Gasteiger partial charge is 0.324 e. The van der Waals surface area contributed by atoms with Crippen molar-refractivity contribution < 1.29 is 4.79 Å². The molecule has 4 heteroatoms. The minimum atomic E-state index is -0.0967. The van der Waals surface area contributed by atoms with Gasteiger partial charge >= 0.3 is 0 Å². The first-order valence-corrected chi connectivity index (χ1v) is 4.56. The third-order valence-electron chi connectivity index (χ3n) is 2.12. The molecule has 0 fully saturated rings. The van der Waals surface area contributed by atoms with Crippen molar-refractivity contribution in [2.24, 2.45) is 5.73 Å². The van der Waals surface area contributed by atoms with E-state index in [4.69, 9.17) is 5.73 Å². The summed E-state index contributed by atoms with van der Waals surface area (Å²) in [5.41, 5.74) is 7.50. The molecule has 2 N–H and O–H groups in total. The Morgan fingerprint density at radius 1 is 1.46 bits per heavy atom. The number of carbonyl (C=O) groups excluding carboxylic acids is 1. The Morgan fingerprint density at radius 2 is 2.15 bits per heavy atom. The smallest absolute Gasteiger partial charge is 0.165 e. The molecule has 0 unspecified atom stereocenters. The van der Waals surface area contributed by atoms with E-state index >= 15 is 0 Å². The molecule has 0 radical (unpaired) electrons. The van der Waals surface area contributed by atoms with Gasteiger partial charge in [0.25, 0.3) is 0 Å². The number of hydrogen-bond acceptors (Lipinski definition) is 2. The van der Waals surface area contributed by atoms with Crippen molar-refractivity contribution in [3.8, 4) is 0 Å². The van der Waals surface area contributed by atoms with Gasteiger partial charge in [-0.2, -0.15) is 0 Å². The first kappa shape index (κ1) is 10.7. The van der Waals surface area contributed by atoms with Crippen LogP contribution in [-0.4, -0.2) is 5.78 Å². The lowest BCUT2D eigenvalue weighted by Crippen LogP contribution is -2.05. The van der Waals surface area contributed by atoms with E-state index in [0.29, 0.717) is 6.42 Å². The van der Waals surface area contributed by atoms with Crippen LogP contribution in [0.1, 0.15) is 28.4 Å². The number of hydrogen-bond donors (Lipinski definition) is 1. The summed E-state index contributed by atoms with van der Waals surface area (Å²) in [4.78, 5) is 11.3. The predicted octanol–water partition coefficient (Wildman–Crippen LogP) is 2.46. The monoisotopic (exact) mass is 261 g/mol. The fraction of sp³-hybridized carbons (Fsp3) is 0.222. The van der Waals surface area contributed by atoms with Crippen LogP contribution in [0.5, 0.6) is 0 Å². The highest BCUT2D eigenvalue weighted by Gasteiger charge is 2.26. The highest BCUT2D eigenvalue weighted by atomic mass is 79.9. The summed E-state index contributed by atoms with van der Waals surface area (Å²) in [6.07, 6.45) is 0.450. The number of rotatable bonds is 0. The van der Waals surface area contributed by atoms with Crippen molar-refractivity contribution in [1.82, 2.24) is 0 Å². The van der Waals surface area contributed by atoms with Crippen molar-refractivity contribution in [3.63, 3.8) is 0 Å². The van der Waals surface area contributed by atoms with E-state index in [1.54, 1.807) is 0 Å². The normalized spacial score (nSPS) is 19.5. The minimum absolute atomic E-state index is 0. The van der Waals surface area contributed by atoms with E-state index in [0.717, 1.165) is 15.6 Å². The molecule has 0 aliphatic heterocycles. The lowest BCUT2D eigenvalue weighted by Gasteiger charge is -2.01. The van der Waals surface area contributed by atoms with Crippen LogP contribution in [0.25, 0.3) is 0 Å². The first-order valence-electron chi connectivity index (χ1n) is 3.76. The van der Waals surface area contributed by atoms with Crippen LogP contribution in [-0.2, 0) is 0 Å². The molecule has 0 bridgehead atoms. The molecule has 13 heavy (non-hydrogen) atoms. The van der Waals surface area contributed by atoms with Crippen molar-refractivity contribution >= 4 is 34.1 Å². The lowest BCUT2D eigenvalue weighted by molar-refractivity contribution is 0.0989. The molecule has 0 spiro atoms. The molecular weight excluding hydrogens is 253 g/mol. The van der Waals surface area contributed by atoms with E-state index < -0.39 is 0 Å². The zero-order chi connectivity index (χ0) is 8.72. The van der Waals surface area contributed by atoms with Gasteiger partial charge in [0.2, 0.25) is 0 Å². The van der Waals surface area contributed by atoms with Crippen LogP contribution in [0.2, 0.25) is 0 Å². The van der Waals surface area contributed by atoms with Gasteiger partial charge in [-0.05, 0) is 17.7 Å². The van der Waals surface area contributed by atoms with Crippen LogP contribution in [0.4, 0.5) is 0 Å². The van der Waals surface area contributed by atoms with Gasteiger partial charge in [0, 0.05) is 22.5 Å². The highest BCUT2D eigenvalue weighted by molar-refractivity contribution is 9.10. The van der Waals surface area contributed by atoms with Gasteiger partial charge in [-0.25, -0.2) is 0 Å². The van der Waals surface area contributed by atoms with Crippen molar-refractivity contribution in [3.05, 3.63) is 33.8 Å². The maximum Gasteiger partial charge on any atom is 0.165 e. The topological polar surface area (TPSA) is 43.1 Å². The van der Waals surface area contributed by atoms with E-state index in [-0.39, 0.29) is 24.2 Å². The Kier molecular flexibility index (Phi) is 3.11. The third kappa shape index (κ3) is 1.77. The van der Waals surface area contributed by atoms with Gasteiger partial charge in [-0.1, -0.05) is 22.0 Å². The summed E-state index contributed by atoms with van der Waals surface area (Å²) >= 11 is 3.32. The maximum atomic E-state index is 11.3. The molecule has 70 valence electrons. The molecule has 1 aliphatic rings. The van der Waals surface area contributed by atoms with Crippen LogP contribution < -0.4 is 5.73 Å². The summed E-state index contributed by atoms with van der Waals surface area (Å²) in [6.45, 7) is 0. The minimum Gasteiger partial charge on any atom is -0.324 e. The average molecular weight is 263 g/mol. The Bertz CT molecular complexity index is 353. The molecule has 0 saturated heterocycles. The zero-order valence-corrected chi connectivity index (χ0v) is 9.19. The number of benzene rings is 1. The summed E-state index contributed by atoms with van der Waals surface area (Å²) < 4.78 is 0.934. The molecule has 0 heterocycles. The van der Waals surface area contributed by atoms with Gasteiger partial charge in [0.15, 0.2) is 5.78 Å². The second kappa shape index (κ2) is 3.78. The van der Waals surface area contributed by atoms with Gasteiger partial charge in [0.1, 0.15) is 0 Å². The molecule has 0 aromatic heterocycles. The zero-order valence-electron chi connectivity index (χ0n) is 6.79. The molecule has 2 nitrogen and oxygen atoms in total. The number of Topliss-reactive ketones (excluding diaryl/α,β-unsaturated/α-hetero) is 1. The Hall–Kier alpha value is -0.380. The molecule has 1 atom stereocenters. The summed E-state index contributed by atoms with van der Waals surface area (Å²) in [5, 5.41) is 0. The number of fused-ring (bicyclic) bond motifs is 1. The summed E-state index contributed by atoms with van der Waals surface area (Å²) in [6, 6.07) is 5.57. The second-order valence-corrected chi connectivity index (χ2v) is 3.88. The van der Waals surface area contributed by atoms with Gasteiger partial charge < -0.3 is 5.73 Å². The van der Waals surface area contributed by atoms with Crippen LogP contribution in [0.15, 0.2) is 22.7 Å². The number of carbonyl (C=O) groups is 1. The quantitative estimate of drug-likeness (QED) is 0.780. The number of ketones is 1. The molecular formula is C9H9BrClNO. The van der Waals surface area contributed by atoms with Crippen LogP contribution in [0.3, 0.4) is 0 Å². The Morgan fingerprint density at radius 3 is 2.85 bits per heavy atom. The lowest BCUT2D eigenvalue weighted by atomic mass is 10.1. The van der Waals surface area contributed by atoms with E-state index in [1.165, 1.54) is 0 Å². The number of halogens is 2. The molecule has 2 rings (SSSR count). The SMILES string of the molecule is Cl.N[C@H]1CC(=O)c2cc(Br)ccc21. The van der Waals surface area contributed by atoms with Crippen LogP contribution in [0, 0.1) is 0 Å². The second-order valence-electron chi connectivity index (χ2n) is 2.97. The molecule has 1 aliphatic carbocycles. The highest BCUT2D eigenvalue weighted by Crippen LogP contribution is 2.30. The maximum absolute atomic E-state index is 11.3. The Balaban J connectivity index is 0.000000845. The van der Waals surface area contributed by atoms with Crippen molar-refractivity contribution in [2.75, 3.05) is 0 Å².